The molecule has 0 radical (unpaired) electrons. The third-order valence-corrected chi connectivity index (χ3v) is 2.55. The van der Waals surface area contributed by atoms with Gasteiger partial charge in [-0.3, -0.25) is 9.59 Å². The minimum Gasteiger partial charge on any atom is -0.504 e. The second-order valence-electron chi connectivity index (χ2n) is 4.05. The molecule has 0 saturated carbocycles. The van der Waals surface area contributed by atoms with Gasteiger partial charge in [-0.25, -0.2) is 0 Å². The standard InChI is InChI=1S/C12H12F3NO5/c1-21-9-3-2-6(4-8(9)17)7(5-10(18)19)16-11(20)12(13,14)15/h2-4,7,17H,5H2,1H3,(H,16,20)(H,18,19). The Morgan fingerprint density at radius 1 is 1.38 bits per heavy atom. The van der Waals surface area contributed by atoms with Crippen LogP contribution in [-0.4, -0.2) is 35.4 Å². The fourth-order valence-corrected chi connectivity index (χ4v) is 1.59. The number of amides is 1. The van der Waals surface area contributed by atoms with Crippen molar-refractivity contribution >= 4 is 11.9 Å². The molecule has 1 aromatic rings. The maximum atomic E-state index is 12.2. The lowest BCUT2D eigenvalue weighted by atomic mass is 10.0. The van der Waals surface area contributed by atoms with Gasteiger partial charge < -0.3 is 20.3 Å². The van der Waals surface area contributed by atoms with Crippen LogP contribution in [0.2, 0.25) is 0 Å². The Kier molecular flexibility index (Phi) is 5.01. The number of ether oxygens (including phenoxy) is 1. The van der Waals surface area contributed by atoms with Crippen molar-refractivity contribution in [3.8, 4) is 11.5 Å². The summed E-state index contributed by atoms with van der Waals surface area (Å²) in [7, 11) is 1.27. The van der Waals surface area contributed by atoms with E-state index in [-0.39, 0.29) is 17.1 Å². The molecule has 0 heterocycles. The van der Waals surface area contributed by atoms with Gasteiger partial charge in [-0.05, 0) is 17.7 Å². The maximum Gasteiger partial charge on any atom is 0.471 e. The smallest absolute Gasteiger partial charge is 0.471 e. The van der Waals surface area contributed by atoms with Crippen molar-refractivity contribution in [2.75, 3.05) is 7.11 Å². The number of phenols is 1. The second kappa shape index (κ2) is 6.33. The molecule has 0 bridgehead atoms. The van der Waals surface area contributed by atoms with Gasteiger partial charge in [-0.1, -0.05) is 6.07 Å². The Bertz CT molecular complexity index is 544. The van der Waals surface area contributed by atoms with Crippen molar-refractivity contribution in [1.29, 1.82) is 0 Å². The number of nitrogens with one attached hydrogen (secondary N) is 1. The zero-order chi connectivity index (χ0) is 16.2. The van der Waals surface area contributed by atoms with E-state index in [9.17, 15) is 27.9 Å². The number of phenolic OH excluding ortho intramolecular Hbond substituents is 1. The highest BCUT2D eigenvalue weighted by atomic mass is 19.4. The van der Waals surface area contributed by atoms with E-state index in [1.165, 1.54) is 19.2 Å². The van der Waals surface area contributed by atoms with Gasteiger partial charge in [-0.2, -0.15) is 13.2 Å². The number of methoxy groups -OCH3 is 1. The van der Waals surface area contributed by atoms with E-state index < -0.39 is 30.5 Å². The van der Waals surface area contributed by atoms with Crippen LogP contribution in [0.4, 0.5) is 13.2 Å². The molecule has 0 aliphatic carbocycles. The van der Waals surface area contributed by atoms with E-state index >= 15 is 0 Å². The fourth-order valence-electron chi connectivity index (χ4n) is 1.59. The third kappa shape index (κ3) is 4.55. The van der Waals surface area contributed by atoms with Crippen LogP contribution >= 0.6 is 0 Å². The predicted octanol–water partition coefficient (Wildman–Crippen LogP) is 1.60. The highest BCUT2D eigenvalue weighted by Gasteiger charge is 2.40. The summed E-state index contributed by atoms with van der Waals surface area (Å²) in [4.78, 5) is 21.6. The lowest BCUT2D eigenvalue weighted by molar-refractivity contribution is -0.174. The second-order valence-corrected chi connectivity index (χ2v) is 4.05. The van der Waals surface area contributed by atoms with Crippen molar-refractivity contribution in [2.45, 2.75) is 18.6 Å². The predicted molar refractivity (Wildman–Crippen MR) is 63.9 cm³/mol. The van der Waals surface area contributed by atoms with E-state index in [1.54, 1.807) is 5.32 Å². The van der Waals surface area contributed by atoms with Crippen LogP contribution in [0, 0.1) is 0 Å². The molecule has 116 valence electrons. The Morgan fingerprint density at radius 3 is 2.43 bits per heavy atom. The molecule has 9 heteroatoms. The Balaban J connectivity index is 3.05. The van der Waals surface area contributed by atoms with Gasteiger partial charge in [0.15, 0.2) is 11.5 Å². The van der Waals surface area contributed by atoms with Crippen LogP contribution in [-0.2, 0) is 9.59 Å². The average molecular weight is 307 g/mol. The van der Waals surface area contributed by atoms with Crippen molar-refractivity contribution in [2.24, 2.45) is 0 Å². The van der Waals surface area contributed by atoms with Crippen molar-refractivity contribution in [3.05, 3.63) is 23.8 Å². The van der Waals surface area contributed by atoms with E-state index in [1.807, 2.05) is 0 Å². The first-order valence-corrected chi connectivity index (χ1v) is 5.61. The molecule has 0 aromatic heterocycles. The molecule has 0 aliphatic rings. The summed E-state index contributed by atoms with van der Waals surface area (Å²) >= 11 is 0. The number of carbonyl (C=O) groups is 2. The van der Waals surface area contributed by atoms with Crippen LogP contribution in [0.5, 0.6) is 11.5 Å². The van der Waals surface area contributed by atoms with Gasteiger partial charge in [0.25, 0.3) is 0 Å². The van der Waals surface area contributed by atoms with Gasteiger partial charge in [0, 0.05) is 0 Å². The first-order chi connectivity index (χ1) is 9.65. The minimum atomic E-state index is -5.13. The number of hydrogen-bond acceptors (Lipinski definition) is 4. The summed E-state index contributed by atoms with van der Waals surface area (Å²) in [6.45, 7) is 0. The number of rotatable bonds is 5. The number of halogens is 3. The number of aliphatic carboxylic acids is 1. The Labute approximate surface area is 117 Å². The molecule has 1 amide bonds. The van der Waals surface area contributed by atoms with Gasteiger partial charge in [0.1, 0.15) is 0 Å². The average Bonchev–Trinajstić information content (AvgIpc) is 2.36. The van der Waals surface area contributed by atoms with E-state index in [0.717, 1.165) is 6.07 Å². The van der Waals surface area contributed by atoms with Crippen LogP contribution < -0.4 is 10.1 Å². The summed E-state index contributed by atoms with van der Waals surface area (Å²) in [5.41, 5.74) is 0.00769. The molecule has 3 N–H and O–H groups in total. The molecule has 6 nitrogen and oxygen atoms in total. The summed E-state index contributed by atoms with van der Waals surface area (Å²) in [6, 6.07) is 2.10. The molecule has 1 atom stereocenters. The minimum absolute atomic E-state index is 0.00769. The van der Waals surface area contributed by atoms with Gasteiger partial charge >= 0.3 is 18.1 Å². The summed E-state index contributed by atoms with van der Waals surface area (Å²) in [5, 5.41) is 19.8. The summed E-state index contributed by atoms with van der Waals surface area (Å²) in [5.74, 6) is -3.98. The van der Waals surface area contributed by atoms with Gasteiger partial charge in [-0.15, -0.1) is 0 Å². The highest BCUT2D eigenvalue weighted by Crippen LogP contribution is 2.30. The number of hydrogen-bond donors (Lipinski definition) is 3. The molecule has 1 aromatic carbocycles. The Morgan fingerprint density at radius 2 is 2.00 bits per heavy atom. The highest BCUT2D eigenvalue weighted by molar-refractivity contribution is 5.82. The molecule has 1 unspecified atom stereocenters. The van der Waals surface area contributed by atoms with Gasteiger partial charge in [0.2, 0.25) is 0 Å². The number of carbonyl (C=O) groups excluding carboxylic acids is 1. The van der Waals surface area contributed by atoms with E-state index in [2.05, 4.69) is 0 Å². The van der Waals surface area contributed by atoms with Crippen LogP contribution in [0.25, 0.3) is 0 Å². The van der Waals surface area contributed by atoms with Crippen molar-refractivity contribution in [1.82, 2.24) is 5.32 Å². The topological polar surface area (TPSA) is 95.9 Å². The fraction of sp³-hybridized carbons (Fsp3) is 0.333. The zero-order valence-electron chi connectivity index (χ0n) is 10.8. The zero-order valence-corrected chi connectivity index (χ0v) is 10.8. The first kappa shape index (κ1) is 16.6. The van der Waals surface area contributed by atoms with E-state index in [0.29, 0.717) is 0 Å². The lowest BCUT2D eigenvalue weighted by Crippen LogP contribution is -2.39. The quantitative estimate of drug-likeness (QED) is 0.768. The van der Waals surface area contributed by atoms with Crippen LogP contribution in [0.15, 0.2) is 18.2 Å². The van der Waals surface area contributed by atoms with Gasteiger partial charge in [0.05, 0.1) is 19.6 Å². The number of benzene rings is 1. The molecule has 0 aliphatic heterocycles. The van der Waals surface area contributed by atoms with E-state index in [4.69, 9.17) is 9.84 Å². The summed E-state index contributed by atoms with van der Waals surface area (Å²) in [6.07, 6.45) is -5.90. The molecular formula is C12H12F3NO5. The number of carboxylic acids is 1. The number of carboxylic acid groups (broad SMARTS) is 1. The first-order valence-electron chi connectivity index (χ1n) is 5.61. The lowest BCUT2D eigenvalue weighted by Gasteiger charge is -2.19. The molecular weight excluding hydrogens is 295 g/mol. The number of alkyl halides is 3. The third-order valence-electron chi connectivity index (χ3n) is 2.55. The monoisotopic (exact) mass is 307 g/mol. The Hall–Kier alpha value is -2.45. The molecule has 1 rings (SSSR count). The van der Waals surface area contributed by atoms with Crippen LogP contribution in [0.1, 0.15) is 18.0 Å². The maximum absolute atomic E-state index is 12.2. The number of aromatic hydroxyl groups is 1. The van der Waals surface area contributed by atoms with Crippen molar-refractivity contribution in [3.63, 3.8) is 0 Å². The SMILES string of the molecule is COc1ccc(C(CC(=O)O)NC(=O)C(F)(F)F)cc1O. The van der Waals surface area contributed by atoms with Crippen LogP contribution in [0.3, 0.4) is 0 Å². The molecule has 0 fully saturated rings. The molecule has 0 spiro atoms. The largest absolute Gasteiger partial charge is 0.504 e. The molecule has 0 saturated heterocycles. The normalized spacial score (nSPS) is 12.6. The summed E-state index contributed by atoms with van der Waals surface area (Å²) < 4.78 is 41.5. The van der Waals surface area contributed by atoms with Crippen molar-refractivity contribution < 1.29 is 37.7 Å². The molecule has 21 heavy (non-hydrogen) atoms.